The molecule has 0 aromatic heterocycles. The molecule has 0 aromatic rings. The highest BCUT2D eigenvalue weighted by Crippen LogP contribution is 2.21. The van der Waals surface area contributed by atoms with Crippen LogP contribution in [0.2, 0.25) is 0 Å². The summed E-state index contributed by atoms with van der Waals surface area (Å²) in [4.78, 5) is 5.39. The molecule has 2 atom stereocenters. The van der Waals surface area contributed by atoms with Gasteiger partial charge in [-0.1, -0.05) is 20.3 Å². The number of hydrogen-bond acceptors (Lipinski definition) is 3. The number of fused-ring (bicyclic) bond motifs is 1. The van der Waals surface area contributed by atoms with E-state index in [-0.39, 0.29) is 0 Å². The summed E-state index contributed by atoms with van der Waals surface area (Å²) in [7, 11) is 2.10. The van der Waals surface area contributed by atoms with Crippen molar-refractivity contribution in [2.24, 2.45) is 5.92 Å². The highest BCUT2D eigenvalue weighted by atomic mass is 15.3. The fraction of sp³-hybridized carbons (Fsp3) is 1.00. The molecule has 17 heavy (non-hydrogen) atoms. The lowest BCUT2D eigenvalue weighted by atomic mass is 9.98. The first-order valence-electron chi connectivity index (χ1n) is 7.34. The van der Waals surface area contributed by atoms with E-state index in [4.69, 9.17) is 0 Å². The zero-order valence-electron chi connectivity index (χ0n) is 11.8. The largest absolute Gasteiger partial charge is 0.315 e. The van der Waals surface area contributed by atoms with Crippen LogP contribution in [0, 0.1) is 5.92 Å². The first-order chi connectivity index (χ1) is 8.20. The normalized spacial score (nSPS) is 29.3. The summed E-state index contributed by atoms with van der Waals surface area (Å²) in [6.07, 6.45) is 4.28. The Morgan fingerprint density at radius 1 is 1.18 bits per heavy atom. The average Bonchev–Trinajstić information content (AvgIpc) is 2.35. The van der Waals surface area contributed by atoms with E-state index in [1.54, 1.807) is 0 Å². The SMILES string of the molecule is CNC(CN1CCN2CCCCC2C1)C(C)C. The quantitative estimate of drug-likeness (QED) is 0.800. The molecule has 0 aromatic carbocycles. The van der Waals surface area contributed by atoms with Gasteiger partial charge in [-0.3, -0.25) is 9.80 Å². The van der Waals surface area contributed by atoms with Gasteiger partial charge < -0.3 is 5.32 Å². The van der Waals surface area contributed by atoms with E-state index >= 15 is 0 Å². The Bertz CT molecular complexity index is 230. The van der Waals surface area contributed by atoms with Crippen molar-refractivity contribution in [1.82, 2.24) is 15.1 Å². The summed E-state index contributed by atoms with van der Waals surface area (Å²) in [6.45, 7) is 11.1. The van der Waals surface area contributed by atoms with Crippen LogP contribution in [0.25, 0.3) is 0 Å². The smallest absolute Gasteiger partial charge is 0.0223 e. The van der Waals surface area contributed by atoms with Crippen molar-refractivity contribution in [3.05, 3.63) is 0 Å². The number of piperidine rings is 1. The van der Waals surface area contributed by atoms with Crippen LogP contribution >= 0.6 is 0 Å². The van der Waals surface area contributed by atoms with E-state index in [1.807, 2.05) is 0 Å². The minimum Gasteiger partial charge on any atom is -0.315 e. The van der Waals surface area contributed by atoms with E-state index in [2.05, 4.69) is 36.0 Å². The lowest BCUT2D eigenvalue weighted by molar-refractivity contribution is 0.0425. The molecule has 2 aliphatic heterocycles. The number of hydrogen-bond donors (Lipinski definition) is 1. The molecule has 3 heteroatoms. The van der Waals surface area contributed by atoms with Crippen LogP contribution in [0.1, 0.15) is 33.1 Å². The van der Waals surface area contributed by atoms with Gasteiger partial charge in [0, 0.05) is 38.3 Å². The molecular formula is C14H29N3. The minimum atomic E-state index is 0.644. The fourth-order valence-electron chi connectivity index (χ4n) is 3.30. The molecule has 1 N–H and O–H groups in total. The standard InChI is InChI=1S/C14H29N3/c1-12(2)14(15-3)11-16-8-9-17-7-5-4-6-13(17)10-16/h12-15H,4-11H2,1-3H3. The number of nitrogens with zero attached hydrogens (tertiary/aromatic N) is 2. The Kier molecular flexibility index (Phi) is 4.83. The van der Waals surface area contributed by atoms with Crippen LogP contribution in [0.4, 0.5) is 0 Å². The van der Waals surface area contributed by atoms with E-state index in [0.717, 1.165) is 12.0 Å². The van der Waals surface area contributed by atoms with Gasteiger partial charge >= 0.3 is 0 Å². The second-order valence-electron chi connectivity index (χ2n) is 6.08. The van der Waals surface area contributed by atoms with Gasteiger partial charge in [0.05, 0.1) is 0 Å². The Balaban J connectivity index is 1.82. The summed E-state index contributed by atoms with van der Waals surface area (Å²) in [6, 6.07) is 1.49. The molecule has 2 aliphatic rings. The summed E-state index contributed by atoms with van der Waals surface area (Å²) in [5, 5.41) is 3.47. The summed E-state index contributed by atoms with van der Waals surface area (Å²) in [5.41, 5.74) is 0. The van der Waals surface area contributed by atoms with Crippen molar-refractivity contribution < 1.29 is 0 Å². The third kappa shape index (κ3) is 3.43. The average molecular weight is 239 g/mol. The van der Waals surface area contributed by atoms with Gasteiger partial charge in [0.2, 0.25) is 0 Å². The molecule has 0 bridgehead atoms. The van der Waals surface area contributed by atoms with Crippen molar-refractivity contribution in [1.29, 1.82) is 0 Å². The zero-order valence-corrected chi connectivity index (χ0v) is 11.8. The second kappa shape index (κ2) is 6.17. The molecular weight excluding hydrogens is 210 g/mol. The Morgan fingerprint density at radius 3 is 2.71 bits per heavy atom. The molecule has 2 saturated heterocycles. The van der Waals surface area contributed by atoms with Crippen LogP contribution in [0.15, 0.2) is 0 Å². The van der Waals surface area contributed by atoms with Crippen molar-refractivity contribution in [3.8, 4) is 0 Å². The molecule has 0 saturated carbocycles. The van der Waals surface area contributed by atoms with Crippen molar-refractivity contribution >= 4 is 0 Å². The molecule has 0 radical (unpaired) electrons. The van der Waals surface area contributed by atoms with Gasteiger partial charge in [-0.25, -0.2) is 0 Å². The molecule has 2 unspecified atom stereocenters. The summed E-state index contributed by atoms with van der Waals surface area (Å²) >= 11 is 0. The van der Waals surface area contributed by atoms with Crippen molar-refractivity contribution in [3.63, 3.8) is 0 Å². The first-order valence-corrected chi connectivity index (χ1v) is 7.34. The van der Waals surface area contributed by atoms with E-state index in [9.17, 15) is 0 Å². The minimum absolute atomic E-state index is 0.644. The lowest BCUT2D eigenvalue weighted by Crippen LogP contribution is -2.57. The highest BCUT2D eigenvalue weighted by molar-refractivity contribution is 4.87. The highest BCUT2D eigenvalue weighted by Gasteiger charge is 2.29. The van der Waals surface area contributed by atoms with Crippen LogP contribution in [-0.2, 0) is 0 Å². The van der Waals surface area contributed by atoms with Gasteiger partial charge in [0.25, 0.3) is 0 Å². The number of nitrogens with one attached hydrogen (secondary N) is 1. The third-order valence-corrected chi connectivity index (χ3v) is 4.55. The van der Waals surface area contributed by atoms with E-state index in [1.165, 1.54) is 52.0 Å². The van der Waals surface area contributed by atoms with Gasteiger partial charge in [0.15, 0.2) is 0 Å². The van der Waals surface area contributed by atoms with Crippen LogP contribution < -0.4 is 5.32 Å². The van der Waals surface area contributed by atoms with Crippen LogP contribution in [-0.4, -0.2) is 61.7 Å². The predicted octanol–water partition coefficient (Wildman–Crippen LogP) is 1.40. The fourth-order valence-corrected chi connectivity index (χ4v) is 3.30. The number of likely N-dealkylation sites (N-methyl/N-ethyl adjacent to an activating group) is 1. The van der Waals surface area contributed by atoms with E-state index < -0.39 is 0 Å². The molecule has 0 aliphatic carbocycles. The summed E-state index contributed by atoms with van der Waals surface area (Å²) in [5.74, 6) is 0.726. The third-order valence-electron chi connectivity index (χ3n) is 4.55. The first kappa shape index (κ1) is 13.3. The Hall–Kier alpha value is -0.120. The number of rotatable bonds is 4. The zero-order chi connectivity index (χ0) is 12.3. The number of piperazine rings is 1. The molecule has 3 nitrogen and oxygen atoms in total. The molecule has 0 spiro atoms. The van der Waals surface area contributed by atoms with Crippen molar-refractivity contribution in [2.75, 3.05) is 39.8 Å². The second-order valence-corrected chi connectivity index (χ2v) is 6.08. The van der Waals surface area contributed by atoms with Crippen molar-refractivity contribution in [2.45, 2.75) is 45.2 Å². The molecule has 2 rings (SSSR count). The Labute approximate surface area is 107 Å². The molecule has 2 fully saturated rings. The van der Waals surface area contributed by atoms with Crippen LogP contribution in [0.5, 0.6) is 0 Å². The van der Waals surface area contributed by atoms with Gasteiger partial charge in [-0.15, -0.1) is 0 Å². The van der Waals surface area contributed by atoms with Gasteiger partial charge in [-0.05, 0) is 32.4 Å². The molecule has 100 valence electrons. The Morgan fingerprint density at radius 2 is 2.00 bits per heavy atom. The maximum absolute atomic E-state index is 3.47. The van der Waals surface area contributed by atoms with Gasteiger partial charge in [0.1, 0.15) is 0 Å². The monoisotopic (exact) mass is 239 g/mol. The molecule has 2 heterocycles. The van der Waals surface area contributed by atoms with Crippen LogP contribution in [0.3, 0.4) is 0 Å². The lowest BCUT2D eigenvalue weighted by Gasteiger charge is -2.45. The topological polar surface area (TPSA) is 18.5 Å². The summed E-state index contributed by atoms with van der Waals surface area (Å²) < 4.78 is 0. The maximum Gasteiger partial charge on any atom is 0.0223 e. The molecule has 0 amide bonds. The van der Waals surface area contributed by atoms with E-state index in [0.29, 0.717) is 6.04 Å². The predicted molar refractivity (Wildman–Crippen MR) is 73.3 cm³/mol. The van der Waals surface area contributed by atoms with Gasteiger partial charge in [-0.2, -0.15) is 0 Å². The maximum atomic E-state index is 3.47.